The van der Waals surface area contributed by atoms with Crippen LogP contribution in [-0.4, -0.2) is 69.8 Å². The molecule has 27 heavy (non-hydrogen) atoms. The summed E-state index contributed by atoms with van der Waals surface area (Å²) in [6, 6.07) is 0.0159. The fourth-order valence-corrected chi connectivity index (χ4v) is 5.97. The van der Waals surface area contributed by atoms with Crippen LogP contribution in [0.5, 0.6) is 0 Å². The number of aromatic nitrogens is 2. The summed E-state index contributed by atoms with van der Waals surface area (Å²) in [6.07, 6.45) is 5.38. The lowest BCUT2D eigenvalue weighted by atomic mass is 9.82. The van der Waals surface area contributed by atoms with Crippen LogP contribution in [0.3, 0.4) is 0 Å². The molecular weight excluding hydrogens is 365 g/mol. The zero-order valence-corrected chi connectivity index (χ0v) is 17.2. The van der Waals surface area contributed by atoms with Crippen molar-refractivity contribution in [3.8, 4) is 0 Å². The minimum atomic E-state index is -1.65. The zero-order chi connectivity index (χ0) is 19.1. The van der Waals surface area contributed by atoms with Gasteiger partial charge in [0.05, 0.1) is 12.1 Å². The fourth-order valence-electron chi connectivity index (χ4n) is 5.21. The lowest BCUT2D eigenvalue weighted by Crippen LogP contribution is -2.64. The van der Waals surface area contributed by atoms with Gasteiger partial charge in [-0.2, -0.15) is 0 Å². The number of amides is 1. The monoisotopic (exact) mass is 395 g/mol. The van der Waals surface area contributed by atoms with Crippen LogP contribution < -0.4 is 5.32 Å². The third-order valence-electron chi connectivity index (χ3n) is 6.78. The Balaban J connectivity index is 1.47. The van der Waals surface area contributed by atoms with Gasteiger partial charge in [0, 0.05) is 19.1 Å². The molecule has 1 aliphatic carbocycles. The highest BCUT2D eigenvalue weighted by Crippen LogP contribution is 2.39. The van der Waals surface area contributed by atoms with Gasteiger partial charge in [-0.1, -0.05) is 0 Å². The molecule has 1 spiro atoms. The molecule has 3 aliphatic rings. The van der Waals surface area contributed by atoms with Crippen molar-refractivity contribution in [2.75, 3.05) is 26.7 Å². The maximum Gasteiger partial charge on any atom is 0.257 e. The maximum absolute atomic E-state index is 14.9. The number of hydrogen-bond acceptors (Lipinski definition) is 6. The average Bonchev–Trinajstić information content (AvgIpc) is 3.33. The molecule has 150 valence electrons. The van der Waals surface area contributed by atoms with Crippen molar-refractivity contribution in [3.63, 3.8) is 0 Å². The van der Waals surface area contributed by atoms with Gasteiger partial charge >= 0.3 is 0 Å². The molecule has 6 nitrogen and oxygen atoms in total. The summed E-state index contributed by atoms with van der Waals surface area (Å²) >= 11 is 1.64. The van der Waals surface area contributed by atoms with Crippen LogP contribution in [0.4, 0.5) is 4.39 Å². The van der Waals surface area contributed by atoms with E-state index in [0.717, 1.165) is 68.3 Å². The first kappa shape index (κ1) is 19.2. The summed E-state index contributed by atoms with van der Waals surface area (Å²) in [6.45, 7) is 5.63. The van der Waals surface area contributed by atoms with E-state index < -0.39 is 5.67 Å². The summed E-state index contributed by atoms with van der Waals surface area (Å²) in [4.78, 5) is 17.5. The van der Waals surface area contributed by atoms with Gasteiger partial charge < -0.3 is 5.32 Å². The number of nitrogens with one attached hydrogen (secondary N) is 1. The number of likely N-dealkylation sites (tertiary alicyclic amines) is 2. The molecule has 1 aromatic heterocycles. The van der Waals surface area contributed by atoms with E-state index in [4.69, 9.17) is 0 Å². The third kappa shape index (κ3) is 3.63. The second-order valence-corrected chi connectivity index (χ2v) is 9.81. The Labute approximate surface area is 164 Å². The second kappa shape index (κ2) is 7.37. The van der Waals surface area contributed by atoms with Gasteiger partial charge in [0.2, 0.25) is 0 Å². The molecule has 0 aromatic carbocycles. The SMILES string of the molecule is Cc1nnc(CN2CCCC3(C2)C(NC(=O)C2(F)CCCC2)CCN3C)s1. The van der Waals surface area contributed by atoms with Crippen molar-refractivity contribution in [2.24, 2.45) is 0 Å². The highest BCUT2D eigenvalue weighted by atomic mass is 32.1. The summed E-state index contributed by atoms with van der Waals surface area (Å²) in [5.41, 5.74) is -1.76. The van der Waals surface area contributed by atoms with Crippen LogP contribution >= 0.6 is 11.3 Å². The molecule has 0 bridgehead atoms. The van der Waals surface area contributed by atoms with Crippen LogP contribution in [0.25, 0.3) is 0 Å². The maximum atomic E-state index is 14.9. The molecule has 0 radical (unpaired) electrons. The van der Waals surface area contributed by atoms with E-state index in [1.54, 1.807) is 11.3 Å². The smallest absolute Gasteiger partial charge is 0.257 e. The number of carbonyl (C=O) groups is 1. The molecule has 1 N–H and O–H groups in total. The van der Waals surface area contributed by atoms with E-state index in [2.05, 4.69) is 32.4 Å². The van der Waals surface area contributed by atoms with Crippen LogP contribution in [0.15, 0.2) is 0 Å². The first-order chi connectivity index (χ1) is 12.9. The number of nitrogens with zero attached hydrogens (tertiary/aromatic N) is 4. The van der Waals surface area contributed by atoms with Crippen molar-refractivity contribution < 1.29 is 9.18 Å². The van der Waals surface area contributed by atoms with Crippen LogP contribution in [0.1, 0.15) is 55.0 Å². The predicted octanol–water partition coefficient (Wildman–Crippen LogP) is 2.28. The highest BCUT2D eigenvalue weighted by Gasteiger charge is 2.52. The van der Waals surface area contributed by atoms with Crippen LogP contribution in [0.2, 0.25) is 0 Å². The Morgan fingerprint density at radius 3 is 2.74 bits per heavy atom. The number of piperidine rings is 1. The fraction of sp³-hybridized carbons (Fsp3) is 0.842. The molecular formula is C19H30FN5OS. The largest absolute Gasteiger partial charge is 0.349 e. The van der Waals surface area contributed by atoms with E-state index in [1.807, 2.05) is 6.92 Å². The molecule has 3 fully saturated rings. The van der Waals surface area contributed by atoms with E-state index in [-0.39, 0.29) is 17.5 Å². The zero-order valence-electron chi connectivity index (χ0n) is 16.3. The van der Waals surface area contributed by atoms with Gasteiger partial charge in [0.15, 0.2) is 5.67 Å². The van der Waals surface area contributed by atoms with E-state index in [0.29, 0.717) is 12.8 Å². The summed E-state index contributed by atoms with van der Waals surface area (Å²) in [7, 11) is 2.14. The van der Waals surface area contributed by atoms with Crippen LogP contribution in [0, 0.1) is 6.92 Å². The van der Waals surface area contributed by atoms with Crippen molar-refractivity contribution in [3.05, 3.63) is 10.0 Å². The summed E-state index contributed by atoms with van der Waals surface area (Å²) < 4.78 is 14.9. The first-order valence-corrected chi connectivity index (χ1v) is 11.0. The number of halogens is 1. The Bertz CT molecular complexity index is 691. The van der Waals surface area contributed by atoms with Crippen molar-refractivity contribution in [2.45, 2.75) is 75.7 Å². The average molecular weight is 396 g/mol. The van der Waals surface area contributed by atoms with Gasteiger partial charge in [0.25, 0.3) is 5.91 Å². The molecule has 2 aliphatic heterocycles. The minimum Gasteiger partial charge on any atom is -0.349 e. The third-order valence-corrected chi connectivity index (χ3v) is 7.60. The normalized spacial score (nSPS) is 31.6. The van der Waals surface area contributed by atoms with Crippen molar-refractivity contribution in [1.82, 2.24) is 25.3 Å². The summed E-state index contributed by atoms with van der Waals surface area (Å²) in [5.74, 6) is -0.378. The van der Waals surface area contributed by atoms with Gasteiger partial charge in [0.1, 0.15) is 10.0 Å². The number of rotatable bonds is 4. The Morgan fingerprint density at radius 1 is 1.26 bits per heavy atom. The Kier molecular flexibility index (Phi) is 5.24. The second-order valence-electron chi connectivity index (χ2n) is 8.54. The van der Waals surface area contributed by atoms with Gasteiger partial charge in [-0.3, -0.25) is 14.6 Å². The highest BCUT2D eigenvalue weighted by molar-refractivity contribution is 7.11. The molecule has 2 saturated heterocycles. The lowest BCUT2D eigenvalue weighted by Gasteiger charge is -2.48. The van der Waals surface area contributed by atoms with E-state index >= 15 is 0 Å². The Morgan fingerprint density at radius 2 is 2.04 bits per heavy atom. The number of carbonyl (C=O) groups excluding carboxylic acids is 1. The molecule has 4 rings (SSSR count). The van der Waals surface area contributed by atoms with E-state index in [9.17, 15) is 9.18 Å². The molecule has 3 heterocycles. The van der Waals surface area contributed by atoms with Crippen LogP contribution in [-0.2, 0) is 11.3 Å². The Hall–Kier alpha value is -1.12. The molecule has 1 aromatic rings. The van der Waals surface area contributed by atoms with Gasteiger partial charge in [-0.15, -0.1) is 21.5 Å². The number of likely N-dealkylation sites (N-methyl/N-ethyl adjacent to an activating group) is 1. The van der Waals surface area contributed by atoms with Crippen molar-refractivity contribution >= 4 is 17.2 Å². The van der Waals surface area contributed by atoms with E-state index in [1.165, 1.54) is 0 Å². The first-order valence-electron chi connectivity index (χ1n) is 10.1. The topological polar surface area (TPSA) is 61.4 Å². The van der Waals surface area contributed by atoms with Crippen molar-refractivity contribution in [1.29, 1.82) is 0 Å². The molecule has 8 heteroatoms. The minimum absolute atomic E-state index is 0.0159. The summed E-state index contributed by atoms with van der Waals surface area (Å²) in [5, 5.41) is 13.6. The molecule has 1 amide bonds. The predicted molar refractivity (Wildman–Crippen MR) is 103 cm³/mol. The standard InChI is InChI=1S/C19H30FN5OS/c1-14-22-23-16(27-14)12-25-10-5-9-19(13-25)15(6-11-24(19)2)21-17(26)18(20)7-3-4-8-18/h15H,3-13H2,1-2H3,(H,21,26). The molecule has 2 atom stereocenters. The number of aryl methyl sites for hydroxylation is 1. The molecule has 2 unspecified atom stereocenters. The van der Waals surface area contributed by atoms with Gasteiger partial charge in [-0.25, -0.2) is 4.39 Å². The lowest BCUT2D eigenvalue weighted by molar-refractivity contribution is -0.134. The molecule has 1 saturated carbocycles. The number of hydrogen-bond donors (Lipinski definition) is 1. The number of alkyl halides is 1. The quantitative estimate of drug-likeness (QED) is 0.848. The van der Waals surface area contributed by atoms with Gasteiger partial charge in [-0.05, 0) is 65.5 Å².